The highest BCUT2D eigenvalue weighted by Crippen LogP contribution is 2.21. The number of hydrogen-bond donors (Lipinski definition) is 0. The van der Waals surface area contributed by atoms with E-state index in [1.807, 2.05) is 19.1 Å². The van der Waals surface area contributed by atoms with Gasteiger partial charge in [0.05, 0.1) is 12.8 Å². The number of aryl methyl sites for hydroxylation is 1. The Morgan fingerprint density at radius 3 is 2.75 bits per heavy atom. The van der Waals surface area contributed by atoms with Crippen LogP contribution in [0.15, 0.2) is 24.7 Å². The molecule has 0 unspecified atom stereocenters. The molecule has 128 valence electrons. The van der Waals surface area contributed by atoms with Crippen molar-refractivity contribution in [2.75, 3.05) is 32.1 Å². The maximum Gasteiger partial charge on any atom is 0.316 e. The van der Waals surface area contributed by atoms with Gasteiger partial charge >= 0.3 is 6.01 Å². The van der Waals surface area contributed by atoms with E-state index in [4.69, 9.17) is 4.74 Å². The van der Waals surface area contributed by atoms with Crippen LogP contribution in [-0.2, 0) is 6.54 Å². The largest absolute Gasteiger partial charge is 0.467 e. The first-order valence-electron chi connectivity index (χ1n) is 8.25. The first-order valence-corrected chi connectivity index (χ1v) is 8.25. The summed E-state index contributed by atoms with van der Waals surface area (Å²) in [5.41, 5.74) is 2.00. The molecular formula is C17H24N6O. The van der Waals surface area contributed by atoms with Crippen molar-refractivity contribution in [1.82, 2.24) is 24.8 Å². The van der Waals surface area contributed by atoms with Gasteiger partial charge in [-0.15, -0.1) is 0 Å². The third kappa shape index (κ3) is 3.97. The Hall–Kier alpha value is -2.28. The molecule has 0 saturated carbocycles. The average Bonchev–Trinajstić information content (AvgIpc) is 2.62. The minimum absolute atomic E-state index is 0.432. The van der Waals surface area contributed by atoms with Crippen molar-refractivity contribution >= 4 is 5.82 Å². The monoisotopic (exact) mass is 328 g/mol. The Morgan fingerprint density at radius 1 is 1.25 bits per heavy atom. The fourth-order valence-corrected chi connectivity index (χ4v) is 3.08. The van der Waals surface area contributed by atoms with Crippen LogP contribution in [0.5, 0.6) is 6.01 Å². The van der Waals surface area contributed by atoms with Crippen LogP contribution in [0.4, 0.5) is 5.82 Å². The molecule has 1 fully saturated rings. The molecule has 0 spiro atoms. The van der Waals surface area contributed by atoms with E-state index in [0.717, 1.165) is 49.7 Å². The van der Waals surface area contributed by atoms with Crippen LogP contribution in [-0.4, -0.2) is 58.1 Å². The van der Waals surface area contributed by atoms with Crippen molar-refractivity contribution in [1.29, 1.82) is 0 Å². The van der Waals surface area contributed by atoms with Crippen molar-refractivity contribution in [2.45, 2.75) is 32.4 Å². The molecule has 2 aromatic heterocycles. The molecule has 3 rings (SSSR count). The van der Waals surface area contributed by atoms with Crippen LogP contribution in [0.2, 0.25) is 0 Å². The fourth-order valence-electron chi connectivity index (χ4n) is 3.08. The molecule has 0 atom stereocenters. The molecule has 0 bridgehead atoms. The zero-order chi connectivity index (χ0) is 16.9. The summed E-state index contributed by atoms with van der Waals surface area (Å²) in [4.78, 5) is 21.7. The molecule has 3 heterocycles. The third-order valence-electron chi connectivity index (χ3n) is 4.51. The summed E-state index contributed by atoms with van der Waals surface area (Å²) >= 11 is 0. The number of likely N-dealkylation sites (tertiary alicyclic amines) is 1. The van der Waals surface area contributed by atoms with E-state index in [-0.39, 0.29) is 0 Å². The highest BCUT2D eigenvalue weighted by molar-refractivity contribution is 5.39. The standard InChI is InChI=1S/C17H24N6O/c1-13-10-16(20-12-19-13)22(2)15-5-8-23(9-6-15)11-14-4-7-18-17(21-14)24-3/h4,7,10,12,15H,5-6,8-9,11H2,1-3H3. The lowest BCUT2D eigenvalue weighted by Gasteiger charge is -2.37. The maximum absolute atomic E-state index is 5.09. The molecule has 1 aliphatic heterocycles. The fraction of sp³-hybridized carbons (Fsp3) is 0.529. The quantitative estimate of drug-likeness (QED) is 0.827. The van der Waals surface area contributed by atoms with E-state index >= 15 is 0 Å². The smallest absolute Gasteiger partial charge is 0.316 e. The zero-order valence-corrected chi connectivity index (χ0v) is 14.5. The van der Waals surface area contributed by atoms with Crippen molar-refractivity contribution in [3.63, 3.8) is 0 Å². The summed E-state index contributed by atoms with van der Waals surface area (Å²) in [6.45, 7) is 4.93. The summed E-state index contributed by atoms with van der Waals surface area (Å²) in [6, 6.07) is 4.93. The first kappa shape index (κ1) is 16.6. The predicted octanol–water partition coefficient (Wildman–Crippen LogP) is 1.68. The van der Waals surface area contributed by atoms with E-state index < -0.39 is 0 Å². The van der Waals surface area contributed by atoms with E-state index in [1.54, 1.807) is 19.6 Å². The number of nitrogens with zero attached hydrogens (tertiary/aromatic N) is 6. The predicted molar refractivity (Wildman–Crippen MR) is 92.1 cm³/mol. The van der Waals surface area contributed by atoms with Gasteiger partial charge < -0.3 is 9.64 Å². The molecule has 0 N–H and O–H groups in total. The SMILES string of the molecule is COc1nccc(CN2CCC(N(C)c3cc(C)ncn3)CC2)n1. The number of hydrogen-bond acceptors (Lipinski definition) is 7. The number of anilines is 1. The first-order chi connectivity index (χ1) is 11.7. The van der Waals surface area contributed by atoms with Crippen LogP contribution in [0, 0.1) is 6.92 Å². The Balaban J connectivity index is 1.55. The second-order valence-electron chi connectivity index (χ2n) is 6.17. The Labute approximate surface area is 142 Å². The van der Waals surface area contributed by atoms with Crippen molar-refractivity contribution in [3.8, 4) is 6.01 Å². The zero-order valence-electron chi connectivity index (χ0n) is 14.5. The third-order valence-corrected chi connectivity index (χ3v) is 4.51. The van der Waals surface area contributed by atoms with Crippen LogP contribution in [0.3, 0.4) is 0 Å². The molecule has 2 aromatic rings. The molecule has 0 aromatic carbocycles. The maximum atomic E-state index is 5.09. The number of ether oxygens (including phenoxy) is 1. The normalized spacial score (nSPS) is 16.1. The van der Waals surface area contributed by atoms with Crippen molar-refractivity contribution in [2.24, 2.45) is 0 Å². The molecule has 7 heteroatoms. The lowest BCUT2D eigenvalue weighted by molar-refractivity contribution is 0.200. The van der Waals surface area contributed by atoms with E-state index in [1.165, 1.54) is 0 Å². The lowest BCUT2D eigenvalue weighted by atomic mass is 10.0. The van der Waals surface area contributed by atoms with Gasteiger partial charge in [0.15, 0.2) is 0 Å². The van der Waals surface area contributed by atoms with Gasteiger partial charge in [-0.05, 0) is 25.8 Å². The average molecular weight is 328 g/mol. The lowest BCUT2D eigenvalue weighted by Crippen LogP contribution is -2.43. The van der Waals surface area contributed by atoms with Crippen LogP contribution < -0.4 is 9.64 Å². The Morgan fingerprint density at radius 2 is 2.04 bits per heavy atom. The van der Waals surface area contributed by atoms with Crippen LogP contribution in [0.1, 0.15) is 24.2 Å². The number of aromatic nitrogens is 4. The van der Waals surface area contributed by atoms with Crippen LogP contribution >= 0.6 is 0 Å². The van der Waals surface area contributed by atoms with Gasteiger partial charge in [-0.1, -0.05) is 0 Å². The Kier molecular flexibility index (Phi) is 5.20. The van der Waals surface area contributed by atoms with Gasteiger partial charge in [-0.2, -0.15) is 4.98 Å². The Bertz CT molecular complexity index is 672. The van der Waals surface area contributed by atoms with Gasteiger partial charge in [0, 0.05) is 50.7 Å². The number of piperidine rings is 1. The van der Waals surface area contributed by atoms with E-state index in [9.17, 15) is 0 Å². The topological polar surface area (TPSA) is 67.3 Å². The molecule has 24 heavy (non-hydrogen) atoms. The van der Waals surface area contributed by atoms with Gasteiger partial charge in [-0.25, -0.2) is 15.0 Å². The molecule has 0 aliphatic carbocycles. The highest BCUT2D eigenvalue weighted by Gasteiger charge is 2.23. The highest BCUT2D eigenvalue weighted by atomic mass is 16.5. The molecule has 7 nitrogen and oxygen atoms in total. The van der Waals surface area contributed by atoms with E-state index in [0.29, 0.717) is 12.1 Å². The molecule has 1 saturated heterocycles. The van der Waals surface area contributed by atoms with Gasteiger partial charge in [0.1, 0.15) is 12.1 Å². The summed E-state index contributed by atoms with van der Waals surface area (Å²) in [5.74, 6) is 1.00. The van der Waals surface area contributed by atoms with E-state index in [2.05, 4.69) is 36.8 Å². The molecule has 0 radical (unpaired) electrons. The molecular weight excluding hydrogens is 304 g/mol. The molecule has 0 amide bonds. The van der Waals surface area contributed by atoms with Gasteiger partial charge in [-0.3, -0.25) is 4.90 Å². The summed E-state index contributed by atoms with van der Waals surface area (Å²) < 4.78 is 5.09. The summed E-state index contributed by atoms with van der Waals surface area (Å²) in [7, 11) is 3.71. The van der Waals surface area contributed by atoms with Crippen LogP contribution in [0.25, 0.3) is 0 Å². The van der Waals surface area contributed by atoms with Crippen molar-refractivity contribution in [3.05, 3.63) is 36.0 Å². The summed E-state index contributed by atoms with van der Waals surface area (Å²) in [6.07, 6.45) is 5.61. The number of rotatable bonds is 5. The van der Waals surface area contributed by atoms with Gasteiger partial charge in [0.25, 0.3) is 0 Å². The van der Waals surface area contributed by atoms with Crippen molar-refractivity contribution < 1.29 is 4.74 Å². The molecule has 1 aliphatic rings. The minimum atomic E-state index is 0.432. The second kappa shape index (κ2) is 7.53. The van der Waals surface area contributed by atoms with Gasteiger partial charge in [0.2, 0.25) is 0 Å². The minimum Gasteiger partial charge on any atom is -0.467 e. The number of methoxy groups -OCH3 is 1. The summed E-state index contributed by atoms with van der Waals surface area (Å²) in [5, 5.41) is 0. The second-order valence-corrected chi connectivity index (χ2v) is 6.17.